The van der Waals surface area contributed by atoms with Crippen LogP contribution >= 0.6 is 0 Å². The molecule has 4 heteroatoms. The first kappa shape index (κ1) is 19.7. The van der Waals surface area contributed by atoms with Crippen LogP contribution in [0.4, 0.5) is 0 Å². The SMILES string of the molecule is CC(C)(C)C1CCC(NC(=O)C(O)[C@H](N)CC2CCCCC2)CC1. The van der Waals surface area contributed by atoms with Crippen LogP contribution in [0, 0.1) is 17.3 Å². The van der Waals surface area contributed by atoms with Crippen molar-refractivity contribution in [1.82, 2.24) is 5.32 Å². The highest BCUT2D eigenvalue weighted by Gasteiger charge is 2.32. The second-order valence-electron chi connectivity index (χ2n) is 9.27. The van der Waals surface area contributed by atoms with Crippen molar-refractivity contribution in [3.8, 4) is 0 Å². The molecule has 4 N–H and O–H groups in total. The van der Waals surface area contributed by atoms with Gasteiger partial charge in [-0.25, -0.2) is 0 Å². The predicted octanol–water partition coefficient (Wildman–Crippen LogP) is 3.37. The summed E-state index contributed by atoms with van der Waals surface area (Å²) in [5.74, 6) is 1.04. The summed E-state index contributed by atoms with van der Waals surface area (Å²) in [4.78, 5) is 12.3. The molecule has 2 aliphatic carbocycles. The lowest BCUT2D eigenvalue weighted by atomic mass is 9.71. The molecule has 0 aromatic carbocycles. The van der Waals surface area contributed by atoms with E-state index in [1.54, 1.807) is 0 Å². The van der Waals surface area contributed by atoms with Crippen LogP contribution < -0.4 is 11.1 Å². The van der Waals surface area contributed by atoms with E-state index in [2.05, 4.69) is 26.1 Å². The number of nitrogens with one attached hydrogen (secondary N) is 1. The Morgan fingerprint density at radius 3 is 2.21 bits per heavy atom. The Morgan fingerprint density at radius 1 is 1.08 bits per heavy atom. The van der Waals surface area contributed by atoms with Crippen LogP contribution in [0.2, 0.25) is 0 Å². The van der Waals surface area contributed by atoms with Gasteiger partial charge < -0.3 is 16.2 Å². The first-order valence-electron chi connectivity index (χ1n) is 10.0. The number of rotatable bonds is 5. The number of nitrogens with two attached hydrogens (primary N) is 1. The molecule has 2 aliphatic rings. The average Bonchev–Trinajstić information content (AvgIpc) is 2.54. The third-order valence-corrected chi connectivity index (χ3v) is 6.30. The molecule has 0 spiro atoms. The van der Waals surface area contributed by atoms with Crippen molar-refractivity contribution in [2.24, 2.45) is 23.0 Å². The third kappa shape index (κ3) is 5.73. The minimum absolute atomic E-state index is 0.202. The molecule has 2 saturated carbocycles. The summed E-state index contributed by atoms with van der Waals surface area (Å²) in [6.45, 7) is 6.89. The van der Waals surface area contributed by atoms with E-state index < -0.39 is 12.1 Å². The van der Waals surface area contributed by atoms with Gasteiger partial charge in [-0.1, -0.05) is 52.9 Å². The minimum Gasteiger partial charge on any atom is -0.382 e. The summed E-state index contributed by atoms with van der Waals surface area (Å²) in [7, 11) is 0. The lowest BCUT2D eigenvalue weighted by Gasteiger charge is -2.37. The van der Waals surface area contributed by atoms with Crippen molar-refractivity contribution >= 4 is 5.91 Å². The number of hydrogen-bond acceptors (Lipinski definition) is 3. The van der Waals surface area contributed by atoms with Crippen LogP contribution in [0.5, 0.6) is 0 Å². The van der Waals surface area contributed by atoms with E-state index in [1.807, 2.05) is 0 Å². The van der Waals surface area contributed by atoms with E-state index in [0.29, 0.717) is 11.3 Å². The van der Waals surface area contributed by atoms with E-state index in [0.717, 1.165) is 38.0 Å². The van der Waals surface area contributed by atoms with Crippen LogP contribution in [0.15, 0.2) is 0 Å². The first-order chi connectivity index (χ1) is 11.3. The Hall–Kier alpha value is -0.610. The van der Waals surface area contributed by atoms with Crippen LogP contribution in [0.3, 0.4) is 0 Å². The minimum atomic E-state index is -1.06. The molecule has 2 rings (SSSR count). The van der Waals surface area contributed by atoms with Crippen molar-refractivity contribution in [2.45, 2.75) is 103 Å². The van der Waals surface area contributed by atoms with Gasteiger partial charge in [0, 0.05) is 12.1 Å². The molecule has 4 nitrogen and oxygen atoms in total. The number of carbonyl (C=O) groups excluding carboxylic acids is 1. The fraction of sp³-hybridized carbons (Fsp3) is 0.950. The van der Waals surface area contributed by atoms with Crippen LogP contribution in [-0.4, -0.2) is 29.2 Å². The maximum Gasteiger partial charge on any atom is 0.250 e. The summed E-state index contributed by atoms with van der Waals surface area (Å²) >= 11 is 0. The second-order valence-corrected chi connectivity index (χ2v) is 9.27. The molecule has 2 fully saturated rings. The summed E-state index contributed by atoms with van der Waals surface area (Å²) in [6.07, 6.45) is 10.3. The Balaban J connectivity index is 1.73. The van der Waals surface area contributed by atoms with E-state index in [9.17, 15) is 9.90 Å². The molecule has 140 valence electrons. The number of aliphatic hydroxyl groups excluding tert-OH is 1. The van der Waals surface area contributed by atoms with Gasteiger partial charge in [-0.15, -0.1) is 0 Å². The van der Waals surface area contributed by atoms with Crippen molar-refractivity contribution in [3.63, 3.8) is 0 Å². The molecule has 0 bridgehead atoms. The Labute approximate surface area is 148 Å². The summed E-state index contributed by atoms with van der Waals surface area (Å²) < 4.78 is 0. The van der Waals surface area contributed by atoms with Crippen LogP contribution in [0.1, 0.15) is 85.0 Å². The van der Waals surface area contributed by atoms with Crippen LogP contribution in [0.25, 0.3) is 0 Å². The summed E-state index contributed by atoms with van der Waals surface area (Å²) in [6, 6.07) is -0.230. The quantitative estimate of drug-likeness (QED) is 0.719. The standard InChI is InChI=1S/C20H38N2O2/c1-20(2,3)15-9-11-16(12-10-15)22-19(24)18(23)17(21)13-14-7-5-4-6-8-14/h14-18,23H,4-13,21H2,1-3H3,(H,22,24)/t15?,16?,17-,18?/m1/s1. The zero-order valence-electron chi connectivity index (χ0n) is 15.9. The molecule has 1 amide bonds. The largest absolute Gasteiger partial charge is 0.382 e. The maximum atomic E-state index is 12.3. The molecule has 0 aromatic heterocycles. The lowest BCUT2D eigenvalue weighted by molar-refractivity contribution is -0.131. The first-order valence-corrected chi connectivity index (χ1v) is 10.0. The number of hydrogen-bond donors (Lipinski definition) is 3. The Morgan fingerprint density at radius 2 is 1.67 bits per heavy atom. The normalized spacial score (nSPS) is 29.0. The molecule has 0 saturated heterocycles. The third-order valence-electron chi connectivity index (χ3n) is 6.30. The Kier molecular flexibility index (Phi) is 7.11. The molecule has 0 aromatic rings. The smallest absolute Gasteiger partial charge is 0.250 e. The molecular weight excluding hydrogens is 300 g/mol. The fourth-order valence-electron chi connectivity index (χ4n) is 4.52. The van der Waals surface area contributed by atoms with Gasteiger partial charge in [-0.05, 0) is 49.4 Å². The fourth-order valence-corrected chi connectivity index (χ4v) is 4.52. The van der Waals surface area contributed by atoms with E-state index in [4.69, 9.17) is 5.73 Å². The molecule has 1 unspecified atom stereocenters. The van der Waals surface area contributed by atoms with Gasteiger partial charge in [0.15, 0.2) is 0 Å². The monoisotopic (exact) mass is 338 g/mol. The lowest BCUT2D eigenvalue weighted by Crippen LogP contribution is -2.50. The Bertz CT molecular complexity index is 391. The van der Waals surface area contributed by atoms with Crippen molar-refractivity contribution < 1.29 is 9.90 Å². The zero-order valence-corrected chi connectivity index (χ0v) is 15.9. The van der Waals surface area contributed by atoms with Gasteiger partial charge in [-0.2, -0.15) is 0 Å². The molecule has 0 heterocycles. The number of carbonyl (C=O) groups is 1. The number of amides is 1. The van der Waals surface area contributed by atoms with Crippen molar-refractivity contribution in [3.05, 3.63) is 0 Å². The van der Waals surface area contributed by atoms with E-state index in [-0.39, 0.29) is 11.9 Å². The van der Waals surface area contributed by atoms with Crippen LogP contribution in [-0.2, 0) is 4.79 Å². The topological polar surface area (TPSA) is 75.3 Å². The molecular formula is C20H38N2O2. The van der Waals surface area contributed by atoms with E-state index >= 15 is 0 Å². The van der Waals surface area contributed by atoms with Crippen molar-refractivity contribution in [1.29, 1.82) is 0 Å². The highest BCUT2D eigenvalue weighted by molar-refractivity contribution is 5.81. The average molecular weight is 339 g/mol. The van der Waals surface area contributed by atoms with Crippen molar-refractivity contribution in [2.75, 3.05) is 0 Å². The molecule has 0 radical (unpaired) electrons. The zero-order chi connectivity index (χ0) is 17.7. The molecule has 0 aliphatic heterocycles. The molecule has 2 atom stereocenters. The van der Waals surface area contributed by atoms with Gasteiger partial charge in [-0.3, -0.25) is 4.79 Å². The highest BCUT2D eigenvalue weighted by atomic mass is 16.3. The van der Waals surface area contributed by atoms with Gasteiger partial charge >= 0.3 is 0 Å². The van der Waals surface area contributed by atoms with Gasteiger partial charge in [0.1, 0.15) is 6.10 Å². The summed E-state index contributed by atoms with van der Waals surface area (Å²) in [5.41, 5.74) is 6.47. The second kappa shape index (κ2) is 8.66. The van der Waals surface area contributed by atoms with Gasteiger partial charge in [0.05, 0.1) is 0 Å². The molecule has 24 heavy (non-hydrogen) atoms. The predicted molar refractivity (Wildman–Crippen MR) is 98.5 cm³/mol. The maximum absolute atomic E-state index is 12.3. The van der Waals surface area contributed by atoms with Gasteiger partial charge in [0.2, 0.25) is 0 Å². The summed E-state index contributed by atoms with van der Waals surface area (Å²) in [5, 5.41) is 13.3. The van der Waals surface area contributed by atoms with Gasteiger partial charge in [0.25, 0.3) is 5.91 Å². The number of aliphatic hydroxyl groups is 1. The highest BCUT2D eigenvalue weighted by Crippen LogP contribution is 2.37. The van der Waals surface area contributed by atoms with E-state index in [1.165, 1.54) is 32.1 Å².